The molecular formula is C6H15BNa2O6. The second-order valence-electron chi connectivity index (χ2n) is 1.53. The van der Waals surface area contributed by atoms with Gasteiger partial charge in [0.2, 0.25) is 0 Å². The third-order valence-corrected chi connectivity index (χ3v) is 0. The van der Waals surface area contributed by atoms with Crippen molar-refractivity contribution in [2.45, 2.75) is 20.8 Å². The van der Waals surface area contributed by atoms with E-state index in [1.165, 1.54) is 0 Å². The van der Waals surface area contributed by atoms with Crippen molar-refractivity contribution >= 4 is 26.3 Å². The van der Waals surface area contributed by atoms with Crippen molar-refractivity contribution in [1.29, 1.82) is 0 Å². The van der Waals surface area contributed by atoms with E-state index in [4.69, 9.17) is 29.7 Å². The quantitative estimate of drug-likeness (QED) is 0.406. The Balaban J connectivity index is -0.0000000184. The predicted octanol–water partition coefficient (Wildman–Crippen LogP) is -8.51. The molecule has 0 fully saturated rings. The molecule has 0 saturated heterocycles. The Labute approximate surface area is 135 Å². The van der Waals surface area contributed by atoms with Gasteiger partial charge >= 0.3 is 59.1 Å². The summed E-state index contributed by atoms with van der Waals surface area (Å²) in [6.45, 7) is 3.14. The molecule has 0 spiro atoms. The molecule has 0 radical (unpaired) electrons. The van der Waals surface area contributed by atoms with Crippen LogP contribution in [0.2, 0.25) is 0 Å². The normalized spacial score (nSPS) is 5.00. The summed E-state index contributed by atoms with van der Waals surface area (Å²) in [7, 11) is 0. The van der Waals surface area contributed by atoms with E-state index in [2.05, 4.69) is 0 Å². The average molecular weight is 240 g/mol. The van der Waals surface area contributed by atoms with E-state index in [0.29, 0.717) is 0 Å². The second-order valence-corrected chi connectivity index (χ2v) is 1.53. The molecule has 0 saturated carbocycles. The molecule has 0 aliphatic heterocycles. The first-order valence-electron chi connectivity index (χ1n) is 2.76. The zero-order valence-electron chi connectivity index (χ0n) is 9.03. The van der Waals surface area contributed by atoms with E-state index in [-0.39, 0.29) is 67.5 Å². The molecule has 9 heteroatoms. The third kappa shape index (κ3) is 9990. The van der Waals surface area contributed by atoms with Gasteiger partial charge in [0.1, 0.15) is 0 Å². The fourth-order valence-electron chi connectivity index (χ4n) is 0. The Bertz CT molecular complexity index is 123. The summed E-state index contributed by atoms with van der Waals surface area (Å²) < 4.78 is 0. The molecule has 0 amide bonds. The van der Waals surface area contributed by atoms with Gasteiger partial charge in [-0.3, -0.25) is 9.59 Å². The monoisotopic (exact) mass is 240 g/mol. The summed E-state index contributed by atoms with van der Waals surface area (Å²) in [5.41, 5.74) is 0. The molecule has 0 unspecified atom stereocenters. The fraction of sp³-hybridized carbons (Fsp3) is 0.500. The Kier molecular flexibility index (Phi) is 70.5. The van der Waals surface area contributed by atoms with Crippen molar-refractivity contribution in [3.63, 3.8) is 0 Å². The van der Waals surface area contributed by atoms with E-state index in [9.17, 15) is 0 Å². The molecule has 0 heterocycles. The summed E-state index contributed by atoms with van der Waals surface area (Å²) in [6, 6.07) is 0. The van der Waals surface area contributed by atoms with Crippen LogP contribution < -0.4 is 64.2 Å². The van der Waals surface area contributed by atoms with Crippen LogP contribution in [0.1, 0.15) is 20.8 Å². The van der Waals surface area contributed by atoms with Gasteiger partial charge in [-0.25, -0.2) is 0 Å². The van der Waals surface area contributed by atoms with Crippen LogP contribution in [0.4, 0.5) is 0 Å². The van der Waals surface area contributed by atoms with Gasteiger partial charge in [-0.1, -0.05) is 8.41 Å². The minimum absolute atomic E-state index is 0. The van der Waals surface area contributed by atoms with Gasteiger partial charge in [-0.05, 0) is 6.92 Å². The summed E-state index contributed by atoms with van der Waals surface area (Å²) in [4.78, 5) is 26.9. The van der Waals surface area contributed by atoms with Crippen molar-refractivity contribution in [2.24, 2.45) is 0 Å². The number of hydrogen-bond donors (Lipinski definition) is 2. The molecule has 80 valence electrons. The average Bonchev–Trinajstić information content (AvgIpc) is 1.54. The van der Waals surface area contributed by atoms with Gasteiger partial charge in [0, 0.05) is 19.8 Å². The Morgan fingerprint density at radius 2 is 0.867 bits per heavy atom. The first kappa shape index (κ1) is 36.1. The van der Waals surface area contributed by atoms with Crippen LogP contribution in [-0.2, 0) is 14.4 Å². The molecule has 0 aliphatic rings. The van der Waals surface area contributed by atoms with E-state index in [1.54, 1.807) is 0 Å². The number of carbonyl (C=O) groups excluding carboxylic acids is 1. The van der Waals surface area contributed by atoms with Crippen molar-refractivity contribution in [2.75, 3.05) is 0 Å². The number of carboxylic acids is 3. The smallest absolute Gasteiger partial charge is 0.550 e. The van der Waals surface area contributed by atoms with Gasteiger partial charge in [-0.15, -0.1) is 0 Å². The zero-order chi connectivity index (χ0) is 10.7. The fourth-order valence-corrected chi connectivity index (χ4v) is 0. The summed E-state index contributed by atoms with van der Waals surface area (Å²) in [5.74, 6) is -2.75. The topological polar surface area (TPSA) is 115 Å². The van der Waals surface area contributed by atoms with Crippen molar-refractivity contribution in [3.8, 4) is 0 Å². The second kappa shape index (κ2) is 29.3. The summed E-state index contributed by atoms with van der Waals surface area (Å²) in [5, 5.41) is 23.7. The molecule has 15 heavy (non-hydrogen) atoms. The first-order chi connectivity index (χ1) is 5.20. The summed E-state index contributed by atoms with van der Waals surface area (Å²) >= 11 is 0. The van der Waals surface area contributed by atoms with E-state index >= 15 is 0 Å². The number of rotatable bonds is 0. The van der Waals surface area contributed by atoms with Crippen molar-refractivity contribution in [1.82, 2.24) is 0 Å². The molecule has 0 aromatic heterocycles. The van der Waals surface area contributed by atoms with E-state index in [0.717, 1.165) is 20.8 Å². The maximum atomic E-state index is 9.00. The first-order valence-corrected chi connectivity index (χ1v) is 2.76. The van der Waals surface area contributed by atoms with Crippen LogP contribution in [0.15, 0.2) is 0 Å². The van der Waals surface area contributed by atoms with Gasteiger partial charge in [-0.2, -0.15) is 0 Å². The van der Waals surface area contributed by atoms with Crippen LogP contribution in [0.3, 0.4) is 0 Å². The molecule has 0 rings (SSSR count). The SMILES string of the molecule is CC(=O)O.CC(=O)O.CC(=O)[O-].[BH4-].[Na+].[Na+]. The van der Waals surface area contributed by atoms with Crippen LogP contribution in [0, 0.1) is 0 Å². The maximum absolute atomic E-state index is 9.00. The number of hydrogen-bond acceptors (Lipinski definition) is 4. The molecule has 0 atom stereocenters. The van der Waals surface area contributed by atoms with Crippen LogP contribution in [0.5, 0.6) is 0 Å². The molecule has 0 aromatic carbocycles. The molecule has 0 bridgehead atoms. The Morgan fingerprint density at radius 3 is 0.867 bits per heavy atom. The zero-order valence-corrected chi connectivity index (χ0v) is 13.0. The van der Waals surface area contributed by atoms with E-state index in [1.807, 2.05) is 0 Å². The molecule has 0 aliphatic carbocycles. The van der Waals surface area contributed by atoms with Crippen molar-refractivity contribution in [3.05, 3.63) is 0 Å². The van der Waals surface area contributed by atoms with Crippen LogP contribution in [-0.4, -0.2) is 36.5 Å². The van der Waals surface area contributed by atoms with Gasteiger partial charge in [0.05, 0.1) is 0 Å². The minimum Gasteiger partial charge on any atom is -0.550 e. The summed E-state index contributed by atoms with van der Waals surface area (Å²) in [6.07, 6.45) is 0. The Morgan fingerprint density at radius 1 is 0.867 bits per heavy atom. The largest absolute Gasteiger partial charge is 1.00 e. The van der Waals surface area contributed by atoms with Crippen molar-refractivity contribution < 1.29 is 88.8 Å². The molecular weight excluding hydrogens is 225 g/mol. The maximum Gasteiger partial charge on any atom is 1.00 e. The van der Waals surface area contributed by atoms with Gasteiger partial charge in [0.15, 0.2) is 0 Å². The molecule has 6 nitrogen and oxygen atoms in total. The molecule has 2 N–H and O–H groups in total. The standard InChI is InChI=1S/3C2H4O2.BH4.2Na/c3*1-2(3)4;;;/h3*1H3,(H,3,4);1H4;;/q;;;-1;2*+1/p-1. The van der Waals surface area contributed by atoms with Gasteiger partial charge < -0.3 is 20.1 Å². The number of carbonyl (C=O) groups is 3. The minimum atomic E-state index is -1.08. The van der Waals surface area contributed by atoms with E-state index < -0.39 is 17.9 Å². The third-order valence-electron chi connectivity index (χ3n) is 0. The number of carboxylic acid groups (broad SMARTS) is 3. The molecule has 0 aromatic rings. The van der Waals surface area contributed by atoms with Crippen LogP contribution in [0.25, 0.3) is 0 Å². The number of aliphatic carboxylic acids is 3. The Hall–Kier alpha value is 0.475. The van der Waals surface area contributed by atoms with Gasteiger partial charge in [0.25, 0.3) is 11.9 Å². The predicted molar refractivity (Wildman–Crippen MR) is 48.6 cm³/mol. The van der Waals surface area contributed by atoms with Crippen LogP contribution >= 0.6 is 0 Å².